The van der Waals surface area contributed by atoms with Crippen LogP contribution in [-0.4, -0.2) is 42.2 Å². The number of quaternary nitrogens is 1. The predicted octanol–water partition coefficient (Wildman–Crippen LogP) is 2.06. The van der Waals surface area contributed by atoms with E-state index in [2.05, 4.69) is 10.2 Å². The summed E-state index contributed by atoms with van der Waals surface area (Å²) in [5, 5.41) is 3.97. The number of nitrogens with zero attached hydrogens (tertiary/aromatic N) is 1. The van der Waals surface area contributed by atoms with E-state index in [1.807, 2.05) is 0 Å². The normalized spacial score (nSPS) is 20.9. The van der Waals surface area contributed by atoms with E-state index in [9.17, 15) is 4.39 Å². The maximum absolute atomic E-state index is 12.9. The van der Waals surface area contributed by atoms with Gasteiger partial charge >= 0.3 is 0 Å². The van der Waals surface area contributed by atoms with E-state index >= 15 is 0 Å². The van der Waals surface area contributed by atoms with Crippen LogP contribution in [0.25, 0.3) is 0 Å². The quantitative estimate of drug-likeness (QED) is 0.813. The van der Waals surface area contributed by atoms with Gasteiger partial charge in [0.25, 0.3) is 0 Å². The lowest BCUT2D eigenvalue weighted by molar-refractivity contribution is -0.930. The van der Waals surface area contributed by atoms with Gasteiger partial charge in [-0.05, 0) is 62.2 Å². The van der Waals surface area contributed by atoms with Gasteiger partial charge in [-0.3, -0.25) is 0 Å². The van der Waals surface area contributed by atoms with Crippen molar-refractivity contribution in [3.8, 4) is 0 Å². The minimum Gasteiger partial charge on any atom is -0.338 e. The van der Waals surface area contributed by atoms with Crippen molar-refractivity contribution in [1.82, 2.24) is 4.90 Å². The molecule has 2 aliphatic rings. The molecule has 1 aliphatic carbocycles. The van der Waals surface area contributed by atoms with E-state index in [1.54, 1.807) is 17.0 Å². The molecular weight excluding hydrogens is 297 g/mol. The molecule has 0 aromatic heterocycles. The second-order valence-electron chi connectivity index (χ2n) is 6.42. The summed E-state index contributed by atoms with van der Waals surface area (Å²) in [6.07, 6.45) is 7.02. The summed E-state index contributed by atoms with van der Waals surface area (Å²) in [7, 11) is 0. The summed E-state index contributed by atoms with van der Waals surface area (Å²) < 4.78 is 12.9. The second kappa shape index (κ2) is 7.38. The molecule has 1 aromatic carbocycles. The van der Waals surface area contributed by atoms with Crippen LogP contribution in [0, 0.1) is 5.82 Å². The number of thiocarbonyl (C=S) groups is 1. The molecular formula is C17H25FN3S+. The fourth-order valence-corrected chi connectivity index (χ4v) is 3.95. The summed E-state index contributed by atoms with van der Waals surface area (Å²) in [6, 6.07) is 7.23. The monoisotopic (exact) mass is 322 g/mol. The van der Waals surface area contributed by atoms with Crippen LogP contribution in [0.3, 0.4) is 0 Å². The Morgan fingerprint density at radius 1 is 1.09 bits per heavy atom. The molecule has 3 rings (SSSR count). The Morgan fingerprint density at radius 3 is 2.36 bits per heavy atom. The SMILES string of the molecule is Fc1ccc(NC(=S)N2CC[NH+](C3CCCCC3)CC2)cc1. The maximum Gasteiger partial charge on any atom is 0.173 e. The molecule has 0 bridgehead atoms. The van der Waals surface area contributed by atoms with Crippen molar-refractivity contribution in [3.05, 3.63) is 30.1 Å². The third kappa shape index (κ3) is 3.96. The minimum absolute atomic E-state index is 0.221. The van der Waals surface area contributed by atoms with Crippen molar-refractivity contribution in [3.63, 3.8) is 0 Å². The molecule has 0 atom stereocenters. The molecule has 0 spiro atoms. The number of benzene rings is 1. The average molecular weight is 322 g/mol. The lowest BCUT2D eigenvalue weighted by Crippen LogP contribution is -3.18. The Balaban J connectivity index is 1.48. The van der Waals surface area contributed by atoms with E-state index in [1.165, 1.54) is 57.3 Å². The molecule has 1 aliphatic heterocycles. The summed E-state index contributed by atoms with van der Waals surface area (Å²) in [4.78, 5) is 4.01. The van der Waals surface area contributed by atoms with Gasteiger partial charge < -0.3 is 15.1 Å². The van der Waals surface area contributed by atoms with Crippen molar-refractivity contribution in [2.75, 3.05) is 31.5 Å². The van der Waals surface area contributed by atoms with E-state index < -0.39 is 0 Å². The summed E-state index contributed by atoms with van der Waals surface area (Å²) in [5.74, 6) is -0.221. The van der Waals surface area contributed by atoms with E-state index in [0.717, 1.165) is 29.9 Å². The Morgan fingerprint density at radius 2 is 1.73 bits per heavy atom. The van der Waals surface area contributed by atoms with E-state index in [0.29, 0.717) is 0 Å². The Bertz CT molecular complexity index is 491. The zero-order chi connectivity index (χ0) is 15.4. The molecule has 3 nitrogen and oxygen atoms in total. The van der Waals surface area contributed by atoms with E-state index in [4.69, 9.17) is 12.2 Å². The van der Waals surface area contributed by atoms with Gasteiger partial charge in [-0.1, -0.05) is 6.42 Å². The van der Waals surface area contributed by atoms with E-state index in [-0.39, 0.29) is 5.82 Å². The predicted molar refractivity (Wildman–Crippen MR) is 91.8 cm³/mol. The fraction of sp³-hybridized carbons (Fsp3) is 0.588. The van der Waals surface area contributed by atoms with Crippen molar-refractivity contribution < 1.29 is 9.29 Å². The number of piperazine rings is 1. The van der Waals surface area contributed by atoms with Gasteiger partial charge in [0.05, 0.1) is 32.2 Å². The van der Waals surface area contributed by atoms with Crippen LogP contribution < -0.4 is 10.2 Å². The van der Waals surface area contributed by atoms with Crippen LogP contribution in [0.1, 0.15) is 32.1 Å². The highest BCUT2D eigenvalue weighted by atomic mass is 32.1. The summed E-state index contributed by atoms with van der Waals surface area (Å²) in [5.41, 5.74) is 0.855. The van der Waals surface area contributed by atoms with Crippen LogP contribution in [0.4, 0.5) is 10.1 Å². The van der Waals surface area contributed by atoms with Gasteiger partial charge in [-0.15, -0.1) is 0 Å². The maximum atomic E-state index is 12.9. The smallest absolute Gasteiger partial charge is 0.173 e. The number of nitrogens with one attached hydrogen (secondary N) is 2. The van der Waals surface area contributed by atoms with Crippen LogP contribution in [0.2, 0.25) is 0 Å². The first-order chi connectivity index (χ1) is 10.7. The molecule has 1 aromatic rings. The van der Waals surface area contributed by atoms with Crippen LogP contribution >= 0.6 is 12.2 Å². The van der Waals surface area contributed by atoms with Gasteiger partial charge in [-0.2, -0.15) is 0 Å². The minimum atomic E-state index is -0.221. The van der Waals surface area contributed by atoms with Crippen LogP contribution in [0.15, 0.2) is 24.3 Å². The first-order valence-corrected chi connectivity index (χ1v) is 8.79. The lowest BCUT2D eigenvalue weighted by Gasteiger charge is -2.38. The highest BCUT2D eigenvalue weighted by Crippen LogP contribution is 2.16. The molecule has 1 saturated carbocycles. The molecule has 2 N–H and O–H groups in total. The number of hydrogen-bond donors (Lipinski definition) is 2. The zero-order valence-corrected chi connectivity index (χ0v) is 13.8. The number of rotatable bonds is 2. The number of halogens is 1. The number of anilines is 1. The lowest BCUT2D eigenvalue weighted by atomic mass is 9.94. The third-order valence-electron chi connectivity index (χ3n) is 4.97. The summed E-state index contributed by atoms with van der Waals surface area (Å²) >= 11 is 5.50. The van der Waals surface area contributed by atoms with Gasteiger partial charge in [0.1, 0.15) is 5.82 Å². The molecule has 1 heterocycles. The van der Waals surface area contributed by atoms with Crippen molar-refractivity contribution in [1.29, 1.82) is 0 Å². The Kier molecular flexibility index (Phi) is 5.26. The highest BCUT2D eigenvalue weighted by molar-refractivity contribution is 7.80. The first kappa shape index (κ1) is 15.7. The highest BCUT2D eigenvalue weighted by Gasteiger charge is 2.29. The average Bonchev–Trinajstić information content (AvgIpc) is 2.58. The molecule has 22 heavy (non-hydrogen) atoms. The zero-order valence-electron chi connectivity index (χ0n) is 13.0. The van der Waals surface area contributed by atoms with Crippen molar-refractivity contribution in [2.24, 2.45) is 0 Å². The molecule has 0 radical (unpaired) electrons. The van der Waals surface area contributed by atoms with Gasteiger partial charge in [0, 0.05) is 5.69 Å². The van der Waals surface area contributed by atoms with Gasteiger partial charge in [0.2, 0.25) is 0 Å². The summed E-state index contributed by atoms with van der Waals surface area (Å²) in [6.45, 7) is 4.38. The Labute approximate surface area is 137 Å². The largest absolute Gasteiger partial charge is 0.338 e. The third-order valence-corrected chi connectivity index (χ3v) is 5.33. The standard InChI is InChI=1S/C17H24FN3S/c18-14-6-8-15(9-7-14)19-17(22)21-12-10-20(11-13-21)16-4-2-1-3-5-16/h6-9,16H,1-5,10-13H2,(H,19,22)/p+1. The molecule has 0 unspecified atom stereocenters. The second-order valence-corrected chi connectivity index (χ2v) is 6.80. The number of hydrogen-bond acceptors (Lipinski definition) is 1. The van der Waals surface area contributed by atoms with Crippen LogP contribution in [0.5, 0.6) is 0 Å². The fourth-order valence-electron chi connectivity index (χ4n) is 3.65. The Hall–Kier alpha value is -1.20. The molecule has 2 fully saturated rings. The topological polar surface area (TPSA) is 19.7 Å². The van der Waals surface area contributed by atoms with Gasteiger partial charge in [0.15, 0.2) is 5.11 Å². The molecule has 5 heteroatoms. The molecule has 1 saturated heterocycles. The molecule has 0 amide bonds. The molecule has 120 valence electrons. The van der Waals surface area contributed by atoms with Crippen molar-refractivity contribution >= 4 is 23.0 Å². The van der Waals surface area contributed by atoms with Crippen LogP contribution in [-0.2, 0) is 0 Å². The first-order valence-electron chi connectivity index (χ1n) is 8.38. The van der Waals surface area contributed by atoms with Crippen molar-refractivity contribution in [2.45, 2.75) is 38.1 Å². The van der Waals surface area contributed by atoms with Gasteiger partial charge in [-0.25, -0.2) is 4.39 Å².